The monoisotopic (exact) mass is 441 g/mol. The van der Waals surface area contributed by atoms with Crippen molar-refractivity contribution in [1.82, 2.24) is 20.3 Å². The molecule has 5 rings (SSSR count). The zero-order valence-corrected chi connectivity index (χ0v) is 18.1. The molecule has 9 heteroatoms. The van der Waals surface area contributed by atoms with Crippen LogP contribution in [0.1, 0.15) is 36.9 Å². The molecule has 1 aliphatic carbocycles. The molecule has 1 atom stereocenters. The van der Waals surface area contributed by atoms with Crippen molar-refractivity contribution in [1.29, 1.82) is 0 Å². The highest BCUT2D eigenvalue weighted by atomic mass is 32.1. The van der Waals surface area contributed by atoms with E-state index in [9.17, 15) is 5.11 Å². The summed E-state index contributed by atoms with van der Waals surface area (Å²) in [6, 6.07) is 4.44. The van der Waals surface area contributed by atoms with E-state index in [-0.39, 0.29) is 12.1 Å². The van der Waals surface area contributed by atoms with Gasteiger partial charge in [0.1, 0.15) is 16.3 Å². The van der Waals surface area contributed by atoms with E-state index in [4.69, 9.17) is 9.47 Å². The molecule has 1 aromatic carbocycles. The average Bonchev–Trinajstić information content (AvgIpc) is 3.36. The molecule has 0 radical (unpaired) electrons. The number of benzene rings is 1. The Morgan fingerprint density at radius 2 is 1.87 bits per heavy atom. The summed E-state index contributed by atoms with van der Waals surface area (Å²) in [5, 5.41) is 16.2. The van der Waals surface area contributed by atoms with Crippen LogP contribution in [0, 0.1) is 0 Å². The molecular formula is C22H27N5O3S. The molecule has 164 valence electrons. The van der Waals surface area contributed by atoms with Crippen LogP contribution in [0.15, 0.2) is 36.1 Å². The molecule has 2 aromatic heterocycles. The second-order valence-corrected chi connectivity index (χ2v) is 8.92. The number of nitrogens with one attached hydrogen (secondary N) is 1. The third-order valence-corrected chi connectivity index (χ3v) is 6.77. The Hall–Kier alpha value is -2.33. The molecule has 1 aliphatic heterocycles. The third kappa shape index (κ3) is 4.79. The van der Waals surface area contributed by atoms with Gasteiger partial charge in [0.25, 0.3) is 0 Å². The van der Waals surface area contributed by atoms with Gasteiger partial charge in [0, 0.05) is 54.9 Å². The highest BCUT2D eigenvalue weighted by Crippen LogP contribution is 2.33. The SMILES string of the molecule is OC(NC1CCC(Oc2cc(N3CCOCC3)cc3nccnc23)CC1)c1nccs1. The Balaban J connectivity index is 1.26. The van der Waals surface area contributed by atoms with E-state index in [2.05, 4.69) is 37.3 Å². The average molecular weight is 442 g/mol. The number of hydrogen-bond acceptors (Lipinski definition) is 9. The fourth-order valence-corrected chi connectivity index (χ4v) is 4.89. The predicted molar refractivity (Wildman–Crippen MR) is 119 cm³/mol. The number of nitrogens with zero attached hydrogens (tertiary/aromatic N) is 4. The molecule has 0 spiro atoms. The van der Waals surface area contributed by atoms with Crippen LogP contribution in [0.25, 0.3) is 11.0 Å². The maximum absolute atomic E-state index is 10.3. The highest BCUT2D eigenvalue weighted by Gasteiger charge is 2.26. The van der Waals surface area contributed by atoms with E-state index in [1.165, 1.54) is 11.3 Å². The number of aromatic nitrogens is 3. The van der Waals surface area contributed by atoms with Crippen LogP contribution in [0.2, 0.25) is 0 Å². The van der Waals surface area contributed by atoms with Gasteiger partial charge in [-0.2, -0.15) is 0 Å². The number of fused-ring (bicyclic) bond motifs is 1. The first-order valence-corrected chi connectivity index (χ1v) is 11.7. The molecule has 2 N–H and O–H groups in total. The fraction of sp³-hybridized carbons (Fsp3) is 0.500. The number of aliphatic hydroxyl groups is 1. The maximum Gasteiger partial charge on any atom is 0.157 e. The first-order chi connectivity index (χ1) is 15.3. The molecular weight excluding hydrogens is 414 g/mol. The van der Waals surface area contributed by atoms with Crippen molar-refractivity contribution in [3.8, 4) is 5.75 Å². The van der Waals surface area contributed by atoms with Gasteiger partial charge in [-0.05, 0) is 31.7 Å². The third-order valence-electron chi connectivity index (χ3n) is 5.95. The lowest BCUT2D eigenvalue weighted by molar-refractivity contribution is 0.0889. The molecule has 31 heavy (non-hydrogen) atoms. The highest BCUT2D eigenvalue weighted by molar-refractivity contribution is 7.09. The van der Waals surface area contributed by atoms with Crippen LogP contribution in [-0.2, 0) is 4.74 Å². The summed E-state index contributed by atoms with van der Waals surface area (Å²) in [5.74, 6) is 0.798. The molecule has 0 amide bonds. The van der Waals surface area contributed by atoms with Crippen molar-refractivity contribution < 1.29 is 14.6 Å². The van der Waals surface area contributed by atoms with E-state index in [1.54, 1.807) is 18.6 Å². The molecule has 2 aliphatic rings. The van der Waals surface area contributed by atoms with Gasteiger partial charge in [-0.1, -0.05) is 0 Å². The second kappa shape index (κ2) is 9.44. The lowest BCUT2D eigenvalue weighted by Gasteiger charge is -2.32. The maximum atomic E-state index is 10.3. The van der Waals surface area contributed by atoms with Gasteiger partial charge >= 0.3 is 0 Å². The largest absolute Gasteiger partial charge is 0.488 e. The Labute approximate surface area is 185 Å². The lowest BCUT2D eigenvalue weighted by atomic mass is 9.93. The minimum atomic E-state index is -0.702. The molecule has 2 fully saturated rings. The van der Waals surface area contributed by atoms with Crippen LogP contribution in [0.5, 0.6) is 5.75 Å². The Morgan fingerprint density at radius 1 is 1.06 bits per heavy atom. The second-order valence-electron chi connectivity index (χ2n) is 8.00. The summed E-state index contributed by atoms with van der Waals surface area (Å²) >= 11 is 1.46. The Morgan fingerprint density at radius 3 is 2.65 bits per heavy atom. The van der Waals surface area contributed by atoms with Crippen LogP contribution < -0.4 is 15.0 Å². The first kappa shape index (κ1) is 20.6. The normalized spacial score (nSPS) is 23.1. The van der Waals surface area contributed by atoms with E-state index < -0.39 is 6.23 Å². The molecule has 3 heterocycles. The summed E-state index contributed by atoms with van der Waals surface area (Å²) in [6.45, 7) is 3.20. The summed E-state index contributed by atoms with van der Waals surface area (Å²) in [4.78, 5) is 15.5. The van der Waals surface area contributed by atoms with Gasteiger partial charge < -0.3 is 19.5 Å². The predicted octanol–water partition coefficient (Wildman–Crippen LogP) is 2.89. The first-order valence-electron chi connectivity index (χ1n) is 10.8. The van der Waals surface area contributed by atoms with Crippen LogP contribution in [-0.4, -0.2) is 58.5 Å². The van der Waals surface area contributed by atoms with Crippen molar-refractivity contribution in [2.75, 3.05) is 31.2 Å². The van der Waals surface area contributed by atoms with Crippen LogP contribution in [0.3, 0.4) is 0 Å². The van der Waals surface area contributed by atoms with E-state index in [1.807, 2.05) is 5.38 Å². The summed E-state index contributed by atoms with van der Waals surface area (Å²) < 4.78 is 12.0. The van der Waals surface area contributed by atoms with E-state index in [0.29, 0.717) is 5.01 Å². The minimum Gasteiger partial charge on any atom is -0.488 e. The summed E-state index contributed by atoms with van der Waals surface area (Å²) in [7, 11) is 0. The van der Waals surface area contributed by atoms with Gasteiger partial charge in [-0.3, -0.25) is 10.3 Å². The summed E-state index contributed by atoms with van der Waals surface area (Å²) in [6.07, 6.45) is 8.31. The summed E-state index contributed by atoms with van der Waals surface area (Å²) in [5.41, 5.74) is 2.76. The smallest absolute Gasteiger partial charge is 0.157 e. The molecule has 1 saturated carbocycles. The van der Waals surface area contributed by atoms with Gasteiger partial charge in [-0.25, -0.2) is 9.97 Å². The van der Waals surface area contributed by atoms with Crippen LogP contribution >= 0.6 is 11.3 Å². The van der Waals surface area contributed by atoms with Crippen molar-refractivity contribution in [3.05, 3.63) is 41.1 Å². The van der Waals surface area contributed by atoms with Gasteiger partial charge in [0.05, 0.1) is 24.8 Å². The fourth-order valence-electron chi connectivity index (χ4n) is 4.31. The molecule has 1 unspecified atom stereocenters. The van der Waals surface area contributed by atoms with Crippen molar-refractivity contribution in [2.45, 2.75) is 44.1 Å². The zero-order chi connectivity index (χ0) is 21.0. The number of hydrogen-bond donors (Lipinski definition) is 2. The number of rotatable bonds is 6. The van der Waals surface area contributed by atoms with Gasteiger partial charge in [0.2, 0.25) is 0 Å². The van der Waals surface area contributed by atoms with Crippen molar-refractivity contribution in [2.24, 2.45) is 0 Å². The van der Waals surface area contributed by atoms with E-state index >= 15 is 0 Å². The topological polar surface area (TPSA) is 92.6 Å². The quantitative estimate of drug-likeness (QED) is 0.564. The number of morpholine rings is 1. The molecule has 8 nitrogen and oxygen atoms in total. The lowest BCUT2D eigenvalue weighted by Crippen LogP contribution is -2.38. The standard InChI is InChI=1S/C22H27N5O3S/c28-21(22-25-7-12-31-22)26-15-1-3-17(4-2-15)30-19-14-16(27-8-10-29-11-9-27)13-18-20(19)24-6-5-23-18/h5-7,12-15,17,21,26,28H,1-4,8-11H2. The number of aliphatic hydroxyl groups excluding tert-OH is 1. The zero-order valence-electron chi connectivity index (χ0n) is 17.3. The molecule has 3 aromatic rings. The molecule has 0 bridgehead atoms. The van der Waals surface area contributed by atoms with Gasteiger partial charge in [0.15, 0.2) is 6.23 Å². The van der Waals surface area contributed by atoms with E-state index in [0.717, 1.165) is 74.5 Å². The Kier molecular flexibility index (Phi) is 6.26. The van der Waals surface area contributed by atoms with Crippen LogP contribution in [0.4, 0.5) is 5.69 Å². The van der Waals surface area contributed by atoms with Crippen molar-refractivity contribution >= 4 is 28.1 Å². The van der Waals surface area contributed by atoms with Crippen molar-refractivity contribution in [3.63, 3.8) is 0 Å². The minimum absolute atomic E-state index is 0.125. The molecule has 1 saturated heterocycles. The number of thiazole rings is 1. The number of ether oxygens (including phenoxy) is 2. The Bertz CT molecular complexity index is 988. The van der Waals surface area contributed by atoms with Gasteiger partial charge in [-0.15, -0.1) is 11.3 Å². The number of anilines is 1.